The SMILES string of the molecule is CC(C)(Cc1ccccc1)C(=O)Nc1c(Cl)cc(Cl)cc1Cl. The number of benzene rings is 2. The van der Waals surface area contributed by atoms with Crippen molar-refractivity contribution in [2.24, 2.45) is 5.41 Å². The molecule has 1 amide bonds. The topological polar surface area (TPSA) is 29.1 Å². The van der Waals surface area contributed by atoms with Gasteiger partial charge in [0.2, 0.25) is 5.91 Å². The van der Waals surface area contributed by atoms with E-state index in [9.17, 15) is 4.79 Å². The van der Waals surface area contributed by atoms with Crippen molar-refractivity contribution in [3.05, 3.63) is 63.1 Å². The van der Waals surface area contributed by atoms with Crippen molar-refractivity contribution in [3.8, 4) is 0 Å². The Labute approximate surface area is 145 Å². The molecule has 0 heterocycles. The molecule has 0 aliphatic carbocycles. The monoisotopic (exact) mass is 355 g/mol. The molecule has 0 aliphatic heterocycles. The summed E-state index contributed by atoms with van der Waals surface area (Å²) in [6, 6.07) is 13.0. The second-order valence-corrected chi connectivity index (χ2v) is 7.00. The molecule has 0 radical (unpaired) electrons. The first-order valence-electron chi connectivity index (χ1n) is 6.79. The number of anilines is 1. The third-order valence-corrected chi connectivity index (χ3v) is 4.16. The Balaban J connectivity index is 2.18. The lowest BCUT2D eigenvalue weighted by Crippen LogP contribution is -2.33. The highest BCUT2D eigenvalue weighted by Gasteiger charge is 2.29. The molecule has 2 aromatic carbocycles. The number of carbonyl (C=O) groups is 1. The van der Waals surface area contributed by atoms with Gasteiger partial charge >= 0.3 is 0 Å². The normalized spacial score (nSPS) is 11.3. The van der Waals surface area contributed by atoms with E-state index in [1.807, 2.05) is 44.2 Å². The molecule has 0 atom stereocenters. The molecule has 5 heteroatoms. The average molecular weight is 357 g/mol. The van der Waals surface area contributed by atoms with Crippen LogP contribution in [0.15, 0.2) is 42.5 Å². The fourth-order valence-corrected chi connectivity index (χ4v) is 3.04. The third kappa shape index (κ3) is 4.16. The van der Waals surface area contributed by atoms with E-state index >= 15 is 0 Å². The van der Waals surface area contributed by atoms with E-state index in [-0.39, 0.29) is 5.91 Å². The molecule has 0 aliphatic rings. The Bertz CT molecular complexity index is 661. The maximum atomic E-state index is 12.6. The van der Waals surface area contributed by atoms with Crippen LogP contribution in [0.4, 0.5) is 5.69 Å². The van der Waals surface area contributed by atoms with Gasteiger partial charge in [0.25, 0.3) is 0 Å². The molecule has 0 spiro atoms. The summed E-state index contributed by atoms with van der Waals surface area (Å²) in [5, 5.41) is 3.87. The highest BCUT2D eigenvalue weighted by atomic mass is 35.5. The van der Waals surface area contributed by atoms with Gasteiger partial charge in [-0.15, -0.1) is 0 Å². The molecule has 0 saturated carbocycles. The summed E-state index contributed by atoms with van der Waals surface area (Å²) in [4.78, 5) is 12.6. The van der Waals surface area contributed by atoms with E-state index in [0.29, 0.717) is 27.2 Å². The average Bonchev–Trinajstić information content (AvgIpc) is 2.43. The minimum absolute atomic E-state index is 0.150. The van der Waals surface area contributed by atoms with E-state index in [4.69, 9.17) is 34.8 Å². The summed E-state index contributed by atoms with van der Waals surface area (Å²) in [6.07, 6.45) is 0.614. The van der Waals surface area contributed by atoms with Gasteiger partial charge in [0, 0.05) is 10.4 Å². The zero-order chi connectivity index (χ0) is 16.3. The van der Waals surface area contributed by atoms with Gasteiger partial charge in [-0.1, -0.05) is 79.0 Å². The largest absolute Gasteiger partial charge is 0.323 e. The molecule has 2 nitrogen and oxygen atoms in total. The van der Waals surface area contributed by atoms with Gasteiger partial charge in [0.05, 0.1) is 15.7 Å². The van der Waals surface area contributed by atoms with Crippen molar-refractivity contribution < 1.29 is 4.79 Å². The molecule has 22 heavy (non-hydrogen) atoms. The van der Waals surface area contributed by atoms with Gasteiger partial charge in [-0.2, -0.15) is 0 Å². The summed E-state index contributed by atoms with van der Waals surface area (Å²) in [5.74, 6) is -0.150. The second kappa shape index (κ2) is 6.91. The maximum absolute atomic E-state index is 12.6. The first-order chi connectivity index (χ1) is 10.3. The van der Waals surface area contributed by atoms with Crippen LogP contribution in [-0.2, 0) is 11.2 Å². The molecule has 0 saturated heterocycles. The Kier molecular flexibility index (Phi) is 5.38. The molecule has 0 fully saturated rings. The van der Waals surface area contributed by atoms with Crippen LogP contribution in [0.3, 0.4) is 0 Å². The number of rotatable bonds is 4. The van der Waals surface area contributed by atoms with Gasteiger partial charge in [-0.25, -0.2) is 0 Å². The van der Waals surface area contributed by atoms with E-state index in [2.05, 4.69) is 5.32 Å². The van der Waals surface area contributed by atoms with Crippen molar-refractivity contribution >= 4 is 46.4 Å². The Hall–Kier alpha value is -1.22. The van der Waals surface area contributed by atoms with Gasteiger partial charge in [0.1, 0.15) is 0 Å². The summed E-state index contributed by atoms with van der Waals surface area (Å²) in [5.41, 5.74) is 0.878. The van der Waals surface area contributed by atoms with Gasteiger partial charge in [0.15, 0.2) is 0 Å². The first kappa shape index (κ1) is 17.1. The number of nitrogens with one attached hydrogen (secondary N) is 1. The number of hydrogen-bond donors (Lipinski definition) is 1. The van der Waals surface area contributed by atoms with Crippen LogP contribution in [0.25, 0.3) is 0 Å². The lowest BCUT2D eigenvalue weighted by atomic mass is 9.84. The molecule has 2 aromatic rings. The quantitative estimate of drug-likeness (QED) is 0.731. The molecule has 0 aromatic heterocycles. The first-order valence-corrected chi connectivity index (χ1v) is 7.93. The van der Waals surface area contributed by atoms with Crippen molar-refractivity contribution in [3.63, 3.8) is 0 Å². The summed E-state index contributed by atoms with van der Waals surface area (Å²) < 4.78 is 0. The minimum atomic E-state index is -0.604. The van der Waals surface area contributed by atoms with Crippen LogP contribution < -0.4 is 5.32 Å². The predicted octanol–water partition coefficient (Wildman–Crippen LogP) is 5.85. The standard InChI is InChI=1S/C17H16Cl3NO/c1-17(2,10-11-6-4-3-5-7-11)16(22)21-15-13(19)8-12(18)9-14(15)20/h3-9H,10H2,1-2H3,(H,21,22). The fourth-order valence-electron chi connectivity index (χ4n) is 2.13. The van der Waals surface area contributed by atoms with Crippen molar-refractivity contribution in [2.45, 2.75) is 20.3 Å². The van der Waals surface area contributed by atoms with Crippen LogP contribution in [0.5, 0.6) is 0 Å². The molecule has 0 unspecified atom stereocenters. The summed E-state index contributed by atoms with van der Waals surface area (Å²) in [7, 11) is 0. The van der Waals surface area contributed by atoms with Crippen molar-refractivity contribution in [1.29, 1.82) is 0 Å². The fraction of sp³-hybridized carbons (Fsp3) is 0.235. The highest BCUT2D eigenvalue weighted by Crippen LogP contribution is 2.35. The number of amides is 1. The Morgan fingerprint density at radius 1 is 1.05 bits per heavy atom. The molecule has 0 bridgehead atoms. The number of halogens is 3. The minimum Gasteiger partial charge on any atom is -0.323 e. The zero-order valence-corrected chi connectivity index (χ0v) is 14.6. The van der Waals surface area contributed by atoms with E-state index in [1.54, 1.807) is 12.1 Å². The van der Waals surface area contributed by atoms with E-state index in [1.165, 1.54) is 0 Å². The molecule has 1 N–H and O–H groups in total. The Morgan fingerprint density at radius 3 is 2.14 bits per heavy atom. The van der Waals surface area contributed by atoms with Crippen LogP contribution in [0.2, 0.25) is 15.1 Å². The van der Waals surface area contributed by atoms with E-state index in [0.717, 1.165) is 5.56 Å². The van der Waals surface area contributed by atoms with E-state index < -0.39 is 5.41 Å². The van der Waals surface area contributed by atoms with Crippen molar-refractivity contribution in [2.75, 3.05) is 5.32 Å². The van der Waals surface area contributed by atoms with Crippen LogP contribution >= 0.6 is 34.8 Å². The van der Waals surface area contributed by atoms with Crippen molar-refractivity contribution in [1.82, 2.24) is 0 Å². The number of carbonyl (C=O) groups excluding carboxylic acids is 1. The molecule has 116 valence electrons. The lowest BCUT2D eigenvalue weighted by Gasteiger charge is -2.24. The maximum Gasteiger partial charge on any atom is 0.230 e. The molecular weight excluding hydrogens is 341 g/mol. The highest BCUT2D eigenvalue weighted by molar-refractivity contribution is 6.42. The third-order valence-electron chi connectivity index (χ3n) is 3.35. The van der Waals surface area contributed by atoms with Gasteiger partial charge < -0.3 is 5.32 Å². The summed E-state index contributed by atoms with van der Waals surface area (Å²) in [6.45, 7) is 3.76. The lowest BCUT2D eigenvalue weighted by molar-refractivity contribution is -0.123. The second-order valence-electron chi connectivity index (χ2n) is 5.74. The Morgan fingerprint density at radius 2 is 1.59 bits per heavy atom. The van der Waals surface area contributed by atoms with Gasteiger partial charge in [-0.05, 0) is 24.1 Å². The van der Waals surface area contributed by atoms with Crippen LogP contribution in [0.1, 0.15) is 19.4 Å². The summed E-state index contributed by atoms with van der Waals surface area (Å²) >= 11 is 18.1. The van der Waals surface area contributed by atoms with Crippen LogP contribution in [0, 0.1) is 5.41 Å². The molecular formula is C17H16Cl3NO. The molecule has 2 rings (SSSR count). The smallest absolute Gasteiger partial charge is 0.230 e. The zero-order valence-electron chi connectivity index (χ0n) is 12.3. The van der Waals surface area contributed by atoms with Crippen LogP contribution in [-0.4, -0.2) is 5.91 Å². The number of hydrogen-bond acceptors (Lipinski definition) is 1. The predicted molar refractivity (Wildman–Crippen MR) is 94.0 cm³/mol. The van der Waals surface area contributed by atoms with Gasteiger partial charge in [-0.3, -0.25) is 4.79 Å².